The first-order valence-electron chi connectivity index (χ1n) is 5.79. The highest BCUT2D eigenvalue weighted by Gasteiger charge is 2.14. The van der Waals surface area contributed by atoms with Gasteiger partial charge < -0.3 is 15.2 Å². The van der Waals surface area contributed by atoms with Gasteiger partial charge in [-0.15, -0.1) is 0 Å². The van der Waals surface area contributed by atoms with Crippen LogP contribution in [0, 0.1) is 0 Å². The summed E-state index contributed by atoms with van der Waals surface area (Å²) in [5, 5.41) is 3.97. The van der Waals surface area contributed by atoms with Gasteiger partial charge in [-0.1, -0.05) is 15.9 Å². The molecule has 0 saturated carbocycles. The van der Waals surface area contributed by atoms with Crippen LogP contribution in [0.5, 0.6) is 0 Å². The molecular formula is C12H15BrN4O. The lowest BCUT2D eigenvalue weighted by Crippen LogP contribution is -2.22. The molecule has 0 bridgehead atoms. The van der Waals surface area contributed by atoms with Crippen molar-refractivity contribution in [3.63, 3.8) is 0 Å². The maximum absolute atomic E-state index is 5.93. The first-order chi connectivity index (χ1) is 8.65. The Bertz CT molecular complexity index is 537. The molecule has 0 aliphatic heterocycles. The van der Waals surface area contributed by atoms with Crippen LogP contribution in [0.15, 0.2) is 27.2 Å². The third-order valence-corrected chi connectivity index (χ3v) is 3.20. The molecule has 0 fully saturated rings. The van der Waals surface area contributed by atoms with E-state index in [1.807, 2.05) is 36.9 Å². The molecular weight excluding hydrogens is 296 g/mol. The second kappa shape index (κ2) is 5.39. The summed E-state index contributed by atoms with van der Waals surface area (Å²) in [6, 6.07) is 5.57. The monoisotopic (exact) mass is 310 g/mol. The summed E-state index contributed by atoms with van der Waals surface area (Å²) in [4.78, 5) is 6.38. The van der Waals surface area contributed by atoms with Gasteiger partial charge in [0.05, 0.1) is 5.56 Å². The van der Waals surface area contributed by atoms with Gasteiger partial charge >= 0.3 is 0 Å². The number of anilines is 2. The molecule has 18 heavy (non-hydrogen) atoms. The molecule has 1 aromatic heterocycles. The Kier molecular flexibility index (Phi) is 3.86. The highest BCUT2D eigenvalue weighted by Crippen LogP contribution is 2.28. The summed E-state index contributed by atoms with van der Waals surface area (Å²) in [6.45, 7) is 5.78. The summed E-state index contributed by atoms with van der Waals surface area (Å²) in [5.41, 5.74) is 7.30. The van der Waals surface area contributed by atoms with Crippen molar-refractivity contribution >= 4 is 27.6 Å². The Labute approximate surface area is 114 Å². The molecule has 2 N–H and O–H groups in total. The van der Waals surface area contributed by atoms with Crippen molar-refractivity contribution in [3.05, 3.63) is 22.7 Å². The normalized spacial score (nSPS) is 10.6. The molecule has 96 valence electrons. The van der Waals surface area contributed by atoms with Crippen LogP contribution in [-0.2, 0) is 0 Å². The molecule has 0 aliphatic rings. The Morgan fingerprint density at radius 1 is 1.33 bits per heavy atom. The minimum absolute atomic E-state index is 0.446. The van der Waals surface area contributed by atoms with Crippen LogP contribution in [0.3, 0.4) is 0 Å². The lowest BCUT2D eigenvalue weighted by molar-refractivity contribution is 0.429. The van der Waals surface area contributed by atoms with Crippen molar-refractivity contribution in [2.75, 3.05) is 23.7 Å². The fourth-order valence-electron chi connectivity index (χ4n) is 1.69. The highest BCUT2D eigenvalue weighted by molar-refractivity contribution is 9.10. The number of aromatic nitrogens is 2. The van der Waals surface area contributed by atoms with Crippen molar-refractivity contribution in [2.45, 2.75) is 13.8 Å². The number of hydrogen-bond donors (Lipinski definition) is 1. The number of nitrogens with two attached hydrogens (primary N) is 1. The summed E-state index contributed by atoms with van der Waals surface area (Å²) in [7, 11) is 0. The van der Waals surface area contributed by atoms with Crippen LogP contribution >= 0.6 is 15.9 Å². The average molecular weight is 311 g/mol. The SMILES string of the molecule is CCN(CC)c1noc(-c2ccc(Br)cc2N)n1. The maximum atomic E-state index is 5.93. The zero-order chi connectivity index (χ0) is 13.1. The van der Waals surface area contributed by atoms with E-state index in [-0.39, 0.29) is 0 Å². The van der Waals surface area contributed by atoms with Crippen molar-refractivity contribution in [1.82, 2.24) is 10.1 Å². The molecule has 6 heteroatoms. The van der Waals surface area contributed by atoms with Crippen LogP contribution in [0.4, 0.5) is 11.6 Å². The average Bonchev–Trinajstić information content (AvgIpc) is 2.80. The zero-order valence-corrected chi connectivity index (χ0v) is 11.9. The third-order valence-electron chi connectivity index (χ3n) is 2.71. The fraction of sp³-hybridized carbons (Fsp3) is 0.333. The van der Waals surface area contributed by atoms with Gasteiger partial charge in [-0.2, -0.15) is 4.98 Å². The molecule has 0 unspecified atom stereocenters. The van der Waals surface area contributed by atoms with E-state index in [9.17, 15) is 0 Å². The lowest BCUT2D eigenvalue weighted by atomic mass is 10.2. The van der Waals surface area contributed by atoms with E-state index in [0.29, 0.717) is 17.5 Å². The highest BCUT2D eigenvalue weighted by atomic mass is 79.9. The third kappa shape index (κ3) is 2.48. The Hall–Kier alpha value is -1.56. The van der Waals surface area contributed by atoms with Crippen LogP contribution in [-0.4, -0.2) is 23.2 Å². The molecule has 0 amide bonds. The smallest absolute Gasteiger partial charge is 0.266 e. The van der Waals surface area contributed by atoms with Crippen LogP contribution in [0.2, 0.25) is 0 Å². The fourth-order valence-corrected chi connectivity index (χ4v) is 2.07. The lowest BCUT2D eigenvalue weighted by Gasteiger charge is -2.14. The molecule has 2 rings (SSSR count). The zero-order valence-electron chi connectivity index (χ0n) is 10.4. The van der Waals surface area contributed by atoms with Gasteiger partial charge in [0.25, 0.3) is 11.8 Å². The van der Waals surface area contributed by atoms with E-state index < -0.39 is 0 Å². The Balaban J connectivity index is 2.34. The minimum Gasteiger partial charge on any atom is -0.398 e. The van der Waals surface area contributed by atoms with Gasteiger partial charge in [0.15, 0.2) is 0 Å². The van der Waals surface area contributed by atoms with Gasteiger partial charge in [-0.05, 0) is 37.2 Å². The van der Waals surface area contributed by atoms with E-state index in [4.69, 9.17) is 10.3 Å². The number of halogens is 1. The molecule has 0 atom stereocenters. The van der Waals surface area contributed by atoms with Crippen molar-refractivity contribution < 1.29 is 4.52 Å². The first kappa shape index (κ1) is 12.9. The summed E-state index contributed by atoms with van der Waals surface area (Å²) < 4.78 is 6.18. The van der Waals surface area contributed by atoms with Crippen molar-refractivity contribution in [3.8, 4) is 11.5 Å². The van der Waals surface area contributed by atoms with E-state index >= 15 is 0 Å². The largest absolute Gasteiger partial charge is 0.398 e. The second-order valence-electron chi connectivity index (χ2n) is 3.80. The Morgan fingerprint density at radius 3 is 2.67 bits per heavy atom. The van der Waals surface area contributed by atoms with E-state index in [0.717, 1.165) is 23.1 Å². The van der Waals surface area contributed by atoms with E-state index in [2.05, 4.69) is 26.1 Å². The summed E-state index contributed by atoms with van der Waals surface area (Å²) >= 11 is 3.36. The van der Waals surface area contributed by atoms with E-state index in [1.165, 1.54) is 0 Å². The predicted octanol–water partition coefficient (Wildman–Crippen LogP) is 2.93. The van der Waals surface area contributed by atoms with Gasteiger partial charge in [0.1, 0.15) is 0 Å². The number of nitrogen functional groups attached to an aromatic ring is 1. The van der Waals surface area contributed by atoms with Crippen LogP contribution in [0.25, 0.3) is 11.5 Å². The summed E-state index contributed by atoms with van der Waals surface area (Å²) in [6.07, 6.45) is 0. The second-order valence-corrected chi connectivity index (χ2v) is 4.72. The predicted molar refractivity (Wildman–Crippen MR) is 75.4 cm³/mol. The van der Waals surface area contributed by atoms with Crippen molar-refractivity contribution in [1.29, 1.82) is 0 Å². The van der Waals surface area contributed by atoms with Gasteiger partial charge in [-0.3, -0.25) is 0 Å². The first-order valence-corrected chi connectivity index (χ1v) is 6.59. The number of nitrogens with zero attached hydrogens (tertiary/aromatic N) is 3. The molecule has 0 saturated heterocycles. The standard InChI is InChI=1S/C12H15BrN4O/c1-3-17(4-2)12-15-11(18-16-12)9-6-5-8(13)7-10(9)14/h5-7H,3-4,14H2,1-2H3. The van der Waals surface area contributed by atoms with Gasteiger partial charge in [-0.25, -0.2) is 0 Å². The quantitative estimate of drug-likeness (QED) is 0.879. The van der Waals surface area contributed by atoms with Gasteiger partial charge in [0.2, 0.25) is 0 Å². The molecule has 2 aromatic rings. The molecule has 0 spiro atoms. The molecule has 0 radical (unpaired) electrons. The topological polar surface area (TPSA) is 68.2 Å². The molecule has 1 heterocycles. The van der Waals surface area contributed by atoms with Crippen molar-refractivity contribution in [2.24, 2.45) is 0 Å². The number of rotatable bonds is 4. The molecule has 1 aromatic carbocycles. The number of hydrogen-bond acceptors (Lipinski definition) is 5. The van der Waals surface area contributed by atoms with Crippen LogP contribution in [0.1, 0.15) is 13.8 Å². The van der Waals surface area contributed by atoms with Crippen LogP contribution < -0.4 is 10.6 Å². The molecule has 5 nitrogen and oxygen atoms in total. The maximum Gasteiger partial charge on any atom is 0.266 e. The minimum atomic E-state index is 0.446. The van der Waals surface area contributed by atoms with E-state index in [1.54, 1.807) is 0 Å². The summed E-state index contributed by atoms with van der Waals surface area (Å²) in [5.74, 6) is 1.04. The molecule has 0 aliphatic carbocycles. The Morgan fingerprint density at radius 2 is 2.06 bits per heavy atom. The van der Waals surface area contributed by atoms with Gasteiger partial charge in [0, 0.05) is 23.2 Å². The number of benzene rings is 1.